The molecule has 0 saturated heterocycles. The van der Waals surface area contributed by atoms with Gasteiger partial charge in [-0.2, -0.15) is 0 Å². The van der Waals surface area contributed by atoms with E-state index >= 15 is 0 Å². The number of hydrogen-bond acceptors (Lipinski definition) is 1. The highest BCUT2D eigenvalue weighted by molar-refractivity contribution is 5.45. The van der Waals surface area contributed by atoms with Crippen LogP contribution in [0.25, 0.3) is 4.85 Å². The van der Waals surface area contributed by atoms with Crippen LogP contribution in [0.5, 0.6) is 0 Å². The highest BCUT2D eigenvalue weighted by atomic mass is 16.5. The molecule has 0 unspecified atom stereocenters. The zero-order valence-corrected chi connectivity index (χ0v) is 8.49. The van der Waals surface area contributed by atoms with E-state index in [-0.39, 0.29) is 0 Å². The van der Waals surface area contributed by atoms with E-state index in [0.717, 1.165) is 26.1 Å². The minimum atomic E-state index is 0.697. The molecule has 0 saturated carbocycles. The van der Waals surface area contributed by atoms with E-state index in [9.17, 15) is 0 Å². The molecule has 1 aromatic rings. The zero-order chi connectivity index (χ0) is 10.2. The summed E-state index contributed by atoms with van der Waals surface area (Å²) in [6.07, 6.45) is 1.99. The molecule has 74 valence electrons. The van der Waals surface area contributed by atoms with Crippen LogP contribution in [0.4, 0.5) is 5.69 Å². The number of nitrogens with zero attached hydrogens (tertiary/aromatic N) is 1. The van der Waals surface area contributed by atoms with Crippen LogP contribution in [0.2, 0.25) is 0 Å². The fourth-order valence-corrected chi connectivity index (χ4v) is 1.17. The van der Waals surface area contributed by atoms with E-state index in [1.807, 2.05) is 24.3 Å². The Balaban J connectivity index is 2.33. The average Bonchev–Trinajstić information content (AvgIpc) is 2.25. The van der Waals surface area contributed by atoms with Gasteiger partial charge in [-0.1, -0.05) is 31.2 Å². The lowest BCUT2D eigenvalue weighted by molar-refractivity contribution is 0.138. The standard InChI is InChI=1S/C12H15NO/c1-3-9-14-10-8-11-4-6-12(13-2)7-5-11/h4-7H,3,8-10H2,1H3. The minimum absolute atomic E-state index is 0.697. The van der Waals surface area contributed by atoms with Gasteiger partial charge >= 0.3 is 0 Å². The molecule has 0 aliphatic rings. The maximum Gasteiger partial charge on any atom is 0.187 e. The first kappa shape index (κ1) is 10.7. The number of rotatable bonds is 5. The van der Waals surface area contributed by atoms with Crippen LogP contribution >= 0.6 is 0 Å². The fraction of sp³-hybridized carbons (Fsp3) is 0.417. The van der Waals surface area contributed by atoms with Crippen molar-refractivity contribution in [1.29, 1.82) is 0 Å². The normalized spacial score (nSPS) is 9.71. The Hall–Kier alpha value is -1.33. The van der Waals surface area contributed by atoms with E-state index in [1.165, 1.54) is 5.56 Å². The highest BCUT2D eigenvalue weighted by Gasteiger charge is 1.93. The molecule has 0 N–H and O–H groups in total. The molecular formula is C12H15NO. The predicted octanol–water partition coefficient (Wildman–Crippen LogP) is 3.21. The first-order chi connectivity index (χ1) is 6.86. The molecule has 0 aliphatic heterocycles. The molecule has 2 nitrogen and oxygen atoms in total. The molecule has 1 aromatic carbocycles. The second kappa shape index (κ2) is 6.17. The smallest absolute Gasteiger partial charge is 0.187 e. The van der Waals surface area contributed by atoms with Gasteiger partial charge in [0.1, 0.15) is 0 Å². The van der Waals surface area contributed by atoms with Crippen LogP contribution in [-0.4, -0.2) is 13.2 Å². The maximum atomic E-state index is 6.81. The van der Waals surface area contributed by atoms with Crippen molar-refractivity contribution in [2.75, 3.05) is 13.2 Å². The van der Waals surface area contributed by atoms with E-state index in [1.54, 1.807) is 0 Å². The summed E-state index contributed by atoms with van der Waals surface area (Å²) in [6.45, 7) is 10.5. The fourth-order valence-electron chi connectivity index (χ4n) is 1.17. The summed E-state index contributed by atoms with van der Waals surface area (Å²) in [6, 6.07) is 7.68. The summed E-state index contributed by atoms with van der Waals surface area (Å²) in [5.41, 5.74) is 1.93. The van der Waals surface area contributed by atoms with Crippen LogP contribution in [0.1, 0.15) is 18.9 Å². The van der Waals surface area contributed by atoms with Gasteiger partial charge in [-0.15, -0.1) is 0 Å². The van der Waals surface area contributed by atoms with Crippen molar-refractivity contribution in [2.24, 2.45) is 0 Å². The van der Waals surface area contributed by atoms with Gasteiger partial charge < -0.3 is 4.74 Å². The molecule has 0 heterocycles. The van der Waals surface area contributed by atoms with Crippen molar-refractivity contribution in [3.63, 3.8) is 0 Å². The number of ether oxygens (including phenoxy) is 1. The van der Waals surface area contributed by atoms with Crippen LogP contribution in [0.3, 0.4) is 0 Å². The van der Waals surface area contributed by atoms with Gasteiger partial charge in [0.05, 0.1) is 13.2 Å². The highest BCUT2D eigenvalue weighted by Crippen LogP contribution is 2.12. The molecule has 0 aliphatic carbocycles. The van der Waals surface area contributed by atoms with E-state index < -0.39 is 0 Å². The molecule has 0 spiro atoms. The Kier molecular flexibility index (Phi) is 4.74. The number of benzene rings is 1. The largest absolute Gasteiger partial charge is 0.381 e. The summed E-state index contributed by atoms with van der Waals surface area (Å²) in [7, 11) is 0. The third kappa shape index (κ3) is 3.59. The molecular weight excluding hydrogens is 174 g/mol. The molecule has 1 rings (SSSR count). The van der Waals surface area contributed by atoms with Crippen LogP contribution in [0, 0.1) is 6.57 Å². The van der Waals surface area contributed by atoms with Gasteiger partial charge in [0.15, 0.2) is 5.69 Å². The van der Waals surface area contributed by atoms with Gasteiger partial charge in [0.2, 0.25) is 0 Å². The first-order valence-corrected chi connectivity index (χ1v) is 4.91. The molecule has 0 bridgehead atoms. The van der Waals surface area contributed by atoms with Gasteiger partial charge in [0.25, 0.3) is 0 Å². The van der Waals surface area contributed by atoms with Crippen molar-refractivity contribution in [1.82, 2.24) is 0 Å². The molecule has 0 fully saturated rings. The Labute approximate surface area is 85.3 Å². The first-order valence-electron chi connectivity index (χ1n) is 4.91. The quantitative estimate of drug-likeness (QED) is 0.512. The Bertz CT molecular complexity index is 297. The lowest BCUT2D eigenvalue weighted by atomic mass is 10.1. The molecule has 0 aromatic heterocycles. The van der Waals surface area contributed by atoms with E-state index in [0.29, 0.717) is 5.69 Å². The average molecular weight is 189 g/mol. The van der Waals surface area contributed by atoms with Crippen molar-refractivity contribution in [3.05, 3.63) is 41.2 Å². The molecule has 0 amide bonds. The lowest BCUT2D eigenvalue weighted by Gasteiger charge is -2.02. The van der Waals surface area contributed by atoms with Gasteiger partial charge in [-0.25, -0.2) is 4.85 Å². The summed E-state index contributed by atoms with van der Waals surface area (Å²) in [5, 5.41) is 0. The minimum Gasteiger partial charge on any atom is -0.381 e. The van der Waals surface area contributed by atoms with Gasteiger partial charge in [-0.3, -0.25) is 0 Å². The van der Waals surface area contributed by atoms with Crippen LogP contribution in [-0.2, 0) is 11.2 Å². The summed E-state index contributed by atoms with van der Waals surface area (Å²) in [4.78, 5) is 3.34. The monoisotopic (exact) mass is 189 g/mol. The predicted molar refractivity (Wildman–Crippen MR) is 57.5 cm³/mol. The summed E-state index contributed by atoms with van der Waals surface area (Å²) in [5.74, 6) is 0. The van der Waals surface area contributed by atoms with Crippen molar-refractivity contribution >= 4 is 5.69 Å². The lowest BCUT2D eigenvalue weighted by Crippen LogP contribution is -1.98. The van der Waals surface area contributed by atoms with Gasteiger partial charge in [-0.05, 0) is 18.4 Å². The molecule has 2 heteroatoms. The second-order valence-electron chi connectivity index (χ2n) is 3.14. The Morgan fingerprint density at radius 1 is 1.21 bits per heavy atom. The van der Waals surface area contributed by atoms with Crippen molar-refractivity contribution in [2.45, 2.75) is 19.8 Å². The van der Waals surface area contributed by atoms with Crippen LogP contribution in [0.15, 0.2) is 24.3 Å². The second-order valence-corrected chi connectivity index (χ2v) is 3.14. The maximum absolute atomic E-state index is 6.81. The van der Waals surface area contributed by atoms with Gasteiger partial charge in [0, 0.05) is 6.61 Å². The van der Waals surface area contributed by atoms with Crippen molar-refractivity contribution in [3.8, 4) is 0 Å². The summed E-state index contributed by atoms with van der Waals surface area (Å²) < 4.78 is 5.38. The molecule has 0 radical (unpaired) electrons. The van der Waals surface area contributed by atoms with E-state index in [4.69, 9.17) is 11.3 Å². The Morgan fingerprint density at radius 3 is 2.50 bits per heavy atom. The SMILES string of the molecule is [C-]#[N+]c1ccc(CCOCCC)cc1. The Morgan fingerprint density at radius 2 is 1.93 bits per heavy atom. The van der Waals surface area contributed by atoms with E-state index in [2.05, 4.69) is 11.8 Å². The third-order valence-electron chi connectivity index (χ3n) is 1.95. The summed E-state index contributed by atoms with van der Waals surface area (Å²) >= 11 is 0. The molecule has 0 atom stereocenters. The van der Waals surface area contributed by atoms with Crippen molar-refractivity contribution < 1.29 is 4.74 Å². The number of hydrogen-bond donors (Lipinski definition) is 0. The van der Waals surface area contributed by atoms with Crippen LogP contribution < -0.4 is 0 Å². The third-order valence-corrected chi connectivity index (χ3v) is 1.95. The molecule has 14 heavy (non-hydrogen) atoms. The topological polar surface area (TPSA) is 13.6 Å². The zero-order valence-electron chi connectivity index (χ0n) is 8.49.